The Bertz CT molecular complexity index is 413. The molecule has 0 aromatic carbocycles. The summed E-state index contributed by atoms with van der Waals surface area (Å²) in [5, 5.41) is 12.1. The van der Waals surface area contributed by atoms with E-state index in [2.05, 4.69) is 9.88 Å². The van der Waals surface area contributed by atoms with E-state index in [1.54, 1.807) is 0 Å². The molecule has 0 spiro atoms. The van der Waals surface area contributed by atoms with Crippen molar-refractivity contribution in [1.82, 2.24) is 4.72 Å². The van der Waals surface area contributed by atoms with E-state index < -0.39 is 15.6 Å². The van der Waals surface area contributed by atoms with Crippen LogP contribution in [-0.4, -0.2) is 30.8 Å². The number of nitrogens with one attached hydrogen (secondary N) is 1. The average molecular weight is 305 g/mol. The van der Waals surface area contributed by atoms with Gasteiger partial charge < -0.3 is 10.9 Å². The lowest BCUT2D eigenvalue weighted by atomic mass is 9.84. The average Bonchev–Trinajstić information content (AvgIpc) is 2.38. The minimum atomic E-state index is -3.41. The first-order valence-corrected chi connectivity index (χ1v) is 9.10. The third-order valence-corrected chi connectivity index (χ3v) is 5.45. The summed E-state index contributed by atoms with van der Waals surface area (Å²) in [6, 6.07) is 0. The van der Waals surface area contributed by atoms with Gasteiger partial charge in [0.2, 0.25) is 10.0 Å². The van der Waals surface area contributed by atoms with Crippen molar-refractivity contribution in [2.45, 2.75) is 70.3 Å². The SMILES string of the molecule is CCCCS(=O)(=O)NC1(/C(N)=N/O)CCCCCCC1. The molecule has 0 saturated heterocycles. The highest BCUT2D eigenvalue weighted by molar-refractivity contribution is 7.89. The van der Waals surface area contributed by atoms with Crippen LogP contribution >= 0.6 is 0 Å². The Kier molecular flexibility index (Phi) is 6.75. The fourth-order valence-corrected chi connectivity index (χ4v) is 4.37. The summed E-state index contributed by atoms with van der Waals surface area (Å²) in [5.41, 5.74) is 4.90. The summed E-state index contributed by atoms with van der Waals surface area (Å²) < 4.78 is 27.1. The molecule has 1 aliphatic rings. The highest BCUT2D eigenvalue weighted by Crippen LogP contribution is 2.27. The van der Waals surface area contributed by atoms with Gasteiger partial charge in [0.15, 0.2) is 5.84 Å². The summed E-state index contributed by atoms with van der Waals surface area (Å²) in [7, 11) is -3.41. The Labute approximate surface area is 121 Å². The molecule has 0 radical (unpaired) electrons. The second kappa shape index (κ2) is 7.83. The second-order valence-electron chi connectivity index (χ2n) is 5.61. The Morgan fingerprint density at radius 2 is 1.80 bits per heavy atom. The minimum absolute atomic E-state index is 0.0144. The Balaban J connectivity index is 2.92. The van der Waals surface area contributed by atoms with Crippen molar-refractivity contribution in [2.24, 2.45) is 10.9 Å². The molecule has 0 aromatic heterocycles. The van der Waals surface area contributed by atoms with Crippen LogP contribution in [0.15, 0.2) is 5.16 Å². The number of rotatable bonds is 6. The quantitative estimate of drug-likeness (QED) is 0.302. The van der Waals surface area contributed by atoms with E-state index in [1.807, 2.05) is 6.92 Å². The van der Waals surface area contributed by atoms with E-state index in [0.29, 0.717) is 19.3 Å². The highest BCUT2D eigenvalue weighted by Gasteiger charge is 2.38. The first-order chi connectivity index (χ1) is 9.46. The van der Waals surface area contributed by atoms with E-state index in [4.69, 9.17) is 10.9 Å². The normalized spacial score (nSPS) is 21.1. The fraction of sp³-hybridized carbons (Fsp3) is 0.923. The molecule has 0 amide bonds. The van der Waals surface area contributed by atoms with Crippen LogP contribution in [0, 0.1) is 0 Å². The molecule has 4 N–H and O–H groups in total. The van der Waals surface area contributed by atoms with Crippen molar-refractivity contribution in [3.63, 3.8) is 0 Å². The lowest BCUT2D eigenvalue weighted by Gasteiger charge is -2.34. The van der Waals surface area contributed by atoms with Crippen molar-refractivity contribution < 1.29 is 13.6 Å². The molecule has 1 rings (SSSR count). The standard InChI is InChI=1S/C13H27N3O3S/c1-2-3-11-20(18,19)16-13(12(14)15-17)9-7-5-4-6-8-10-13/h16-17H,2-11H2,1H3,(H2,14,15). The third-order valence-electron chi connectivity index (χ3n) is 3.92. The molecule has 0 atom stereocenters. The molecule has 20 heavy (non-hydrogen) atoms. The van der Waals surface area contributed by atoms with E-state index in [9.17, 15) is 8.42 Å². The lowest BCUT2D eigenvalue weighted by Crippen LogP contribution is -2.58. The van der Waals surface area contributed by atoms with Gasteiger partial charge in [0.25, 0.3) is 0 Å². The number of sulfonamides is 1. The first kappa shape index (κ1) is 17.2. The Morgan fingerprint density at radius 3 is 2.30 bits per heavy atom. The van der Waals surface area contributed by atoms with Crippen LogP contribution in [-0.2, 0) is 10.0 Å². The van der Waals surface area contributed by atoms with Crippen LogP contribution in [0.2, 0.25) is 0 Å². The second-order valence-corrected chi connectivity index (χ2v) is 7.45. The largest absolute Gasteiger partial charge is 0.409 e. The van der Waals surface area contributed by atoms with Gasteiger partial charge in [-0.3, -0.25) is 0 Å². The number of unbranched alkanes of at least 4 members (excludes halogenated alkanes) is 1. The molecule has 0 unspecified atom stereocenters. The van der Waals surface area contributed by atoms with Crippen molar-refractivity contribution in [3.05, 3.63) is 0 Å². The van der Waals surface area contributed by atoms with Gasteiger partial charge in [-0.1, -0.05) is 50.6 Å². The molecule has 0 aromatic rings. The van der Waals surface area contributed by atoms with Gasteiger partial charge >= 0.3 is 0 Å². The van der Waals surface area contributed by atoms with Crippen LogP contribution in [0.1, 0.15) is 64.7 Å². The van der Waals surface area contributed by atoms with Gasteiger partial charge in [0.05, 0.1) is 11.3 Å². The predicted octanol–water partition coefficient (Wildman–Crippen LogP) is 1.94. The van der Waals surface area contributed by atoms with Crippen LogP contribution in [0.5, 0.6) is 0 Å². The van der Waals surface area contributed by atoms with E-state index in [0.717, 1.165) is 38.5 Å². The van der Waals surface area contributed by atoms with Crippen molar-refractivity contribution in [2.75, 3.05) is 5.75 Å². The number of amidine groups is 1. The lowest BCUT2D eigenvalue weighted by molar-refractivity contribution is 0.299. The van der Waals surface area contributed by atoms with Crippen molar-refractivity contribution in [1.29, 1.82) is 0 Å². The predicted molar refractivity (Wildman–Crippen MR) is 80.3 cm³/mol. The summed E-state index contributed by atoms with van der Waals surface area (Å²) in [6.07, 6.45) is 7.64. The van der Waals surface area contributed by atoms with E-state index in [-0.39, 0.29) is 11.6 Å². The Morgan fingerprint density at radius 1 is 1.25 bits per heavy atom. The zero-order valence-corrected chi connectivity index (χ0v) is 13.1. The highest BCUT2D eigenvalue weighted by atomic mass is 32.2. The van der Waals surface area contributed by atoms with Crippen molar-refractivity contribution in [3.8, 4) is 0 Å². The molecule has 1 fully saturated rings. The van der Waals surface area contributed by atoms with Gasteiger partial charge in [0, 0.05) is 0 Å². The molecule has 0 bridgehead atoms. The molecule has 6 nitrogen and oxygen atoms in total. The van der Waals surface area contributed by atoms with E-state index in [1.165, 1.54) is 0 Å². The summed E-state index contributed by atoms with van der Waals surface area (Å²) in [4.78, 5) is 0. The zero-order chi connectivity index (χ0) is 15.1. The van der Waals surface area contributed by atoms with Crippen LogP contribution < -0.4 is 10.5 Å². The first-order valence-electron chi connectivity index (χ1n) is 7.45. The summed E-state index contributed by atoms with van der Waals surface area (Å²) >= 11 is 0. The molecular weight excluding hydrogens is 278 g/mol. The topological polar surface area (TPSA) is 105 Å². The summed E-state index contributed by atoms with van der Waals surface area (Å²) in [5.74, 6) is 0.0729. The smallest absolute Gasteiger partial charge is 0.212 e. The van der Waals surface area contributed by atoms with Gasteiger partial charge in [0.1, 0.15) is 0 Å². The molecule has 1 aliphatic carbocycles. The maximum absolute atomic E-state index is 12.2. The maximum Gasteiger partial charge on any atom is 0.212 e. The summed E-state index contributed by atoms with van der Waals surface area (Å²) in [6.45, 7) is 1.95. The molecule has 0 aliphatic heterocycles. The number of oxime groups is 1. The number of hydrogen-bond acceptors (Lipinski definition) is 4. The van der Waals surface area contributed by atoms with Crippen LogP contribution in [0.4, 0.5) is 0 Å². The Hall–Kier alpha value is -0.820. The molecular formula is C13H27N3O3S. The van der Waals surface area contributed by atoms with Crippen LogP contribution in [0.3, 0.4) is 0 Å². The monoisotopic (exact) mass is 305 g/mol. The van der Waals surface area contributed by atoms with Gasteiger partial charge in [-0.05, 0) is 19.3 Å². The van der Waals surface area contributed by atoms with Gasteiger partial charge in [-0.2, -0.15) is 0 Å². The third kappa shape index (κ3) is 4.94. The number of nitrogens with two attached hydrogens (primary N) is 1. The molecule has 118 valence electrons. The fourth-order valence-electron chi connectivity index (χ4n) is 2.70. The van der Waals surface area contributed by atoms with Gasteiger partial charge in [-0.15, -0.1) is 0 Å². The molecule has 1 saturated carbocycles. The number of hydrogen-bond donors (Lipinski definition) is 3. The molecule has 7 heteroatoms. The van der Waals surface area contributed by atoms with Crippen LogP contribution in [0.25, 0.3) is 0 Å². The van der Waals surface area contributed by atoms with Crippen molar-refractivity contribution >= 4 is 15.9 Å². The maximum atomic E-state index is 12.2. The number of nitrogens with zero attached hydrogens (tertiary/aromatic N) is 1. The molecule has 0 heterocycles. The zero-order valence-electron chi connectivity index (χ0n) is 12.3. The van der Waals surface area contributed by atoms with E-state index >= 15 is 0 Å². The minimum Gasteiger partial charge on any atom is -0.409 e. The van der Waals surface area contributed by atoms with Gasteiger partial charge in [-0.25, -0.2) is 13.1 Å².